The summed E-state index contributed by atoms with van der Waals surface area (Å²) in [4.78, 5) is 16.9. The van der Waals surface area contributed by atoms with E-state index in [0.29, 0.717) is 13.0 Å². The average molecular weight is 368 g/mol. The largest absolute Gasteiger partial charge is 0.354 e. The molecule has 1 saturated heterocycles. The number of rotatable bonds is 6. The monoisotopic (exact) mass is 368 g/mol. The number of amides is 1. The number of carbonyl (C=O) groups is 1. The summed E-state index contributed by atoms with van der Waals surface area (Å²) in [7, 11) is 0. The van der Waals surface area contributed by atoms with Crippen molar-refractivity contribution in [2.24, 2.45) is 0 Å². The van der Waals surface area contributed by atoms with Gasteiger partial charge in [0.2, 0.25) is 11.0 Å². The van der Waals surface area contributed by atoms with Crippen molar-refractivity contribution in [1.82, 2.24) is 30.9 Å². The van der Waals surface area contributed by atoms with Crippen LogP contribution in [-0.2, 0) is 11.2 Å². The molecule has 0 radical (unpaired) electrons. The molecule has 2 aromatic heterocycles. The first-order valence-electron chi connectivity index (χ1n) is 8.58. The van der Waals surface area contributed by atoms with Gasteiger partial charge in [-0.2, -0.15) is 5.10 Å². The Morgan fingerprint density at radius 3 is 2.96 bits per heavy atom. The van der Waals surface area contributed by atoms with Crippen molar-refractivity contribution < 1.29 is 4.79 Å². The van der Waals surface area contributed by atoms with E-state index in [9.17, 15) is 4.79 Å². The number of hydrogen-bond acceptors (Lipinski definition) is 6. The lowest BCUT2D eigenvalue weighted by atomic mass is 10.0. The van der Waals surface area contributed by atoms with Gasteiger partial charge in [0.25, 0.3) is 0 Å². The molecule has 134 valence electrons. The van der Waals surface area contributed by atoms with Crippen molar-refractivity contribution in [2.45, 2.75) is 24.9 Å². The lowest BCUT2D eigenvalue weighted by molar-refractivity contribution is -0.122. The zero-order valence-corrected chi connectivity index (χ0v) is 14.9. The van der Waals surface area contributed by atoms with Gasteiger partial charge < -0.3 is 5.32 Å². The zero-order chi connectivity index (χ0) is 17.8. The van der Waals surface area contributed by atoms with Gasteiger partial charge in [-0.15, -0.1) is 11.3 Å². The van der Waals surface area contributed by atoms with Crippen molar-refractivity contribution in [1.29, 1.82) is 0 Å². The summed E-state index contributed by atoms with van der Waals surface area (Å²) in [5.41, 5.74) is 8.43. The molecule has 1 fully saturated rings. The van der Waals surface area contributed by atoms with Crippen LogP contribution >= 0.6 is 11.3 Å². The number of hydrogen-bond donors (Lipinski definition) is 3. The number of nitrogens with zero attached hydrogens (tertiary/aromatic N) is 3. The number of carbonyl (C=O) groups excluding carboxylic acids is 1. The topological polar surface area (TPSA) is 83.9 Å². The molecule has 1 aromatic carbocycles. The summed E-state index contributed by atoms with van der Waals surface area (Å²) in [5.74, 6) is 0.0125. The molecule has 2 unspecified atom stereocenters. The summed E-state index contributed by atoms with van der Waals surface area (Å²) >= 11 is 1.54. The summed E-state index contributed by atoms with van der Waals surface area (Å²) in [5, 5.41) is 10.0. The van der Waals surface area contributed by atoms with E-state index in [2.05, 4.69) is 38.4 Å². The molecule has 7 nitrogen and oxygen atoms in total. The molecule has 3 N–H and O–H groups in total. The van der Waals surface area contributed by atoms with E-state index in [-0.39, 0.29) is 18.0 Å². The zero-order valence-electron chi connectivity index (χ0n) is 14.1. The van der Waals surface area contributed by atoms with Crippen LogP contribution in [0.25, 0.3) is 5.13 Å². The normalized spacial score (nSPS) is 19.5. The average Bonchev–Trinajstić information content (AvgIpc) is 3.42. The van der Waals surface area contributed by atoms with Gasteiger partial charge in [-0.3, -0.25) is 4.79 Å². The second-order valence-electron chi connectivity index (χ2n) is 6.15. The predicted molar refractivity (Wildman–Crippen MR) is 99.8 cm³/mol. The fourth-order valence-corrected chi connectivity index (χ4v) is 3.77. The highest BCUT2D eigenvalue weighted by Gasteiger charge is 2.29. The Labute approximate surface area is 155 Å². The van der Waals surface area contributed by atoms with Crippen LogP contribution in [0.2, 0.25) is 0 Å². The van der Waals surface area contributed by atoms with Gasteiger partial charge in [0.1, 0.15) is 6.04 Å². The van der Waals surface area contributed by atoms with Crippen molar-refractivity contribution in [3.63, 3.8) is 0 Å². The van der Waals surface area contributed by atoms with E-state index in [0.717, 1.165) is 17.2 Å². The molecule has 1 aliphatic heterocycles. The molecule has 26 heavy (non-hydrogen) atoms. The molecule has 1 aliphatic rings. The molecular weight excluding hydrogens is 348 g/mol. The lowest BCUT2D eigenvalue weighted by Crippen LogP contribution is -2.43. The van der Waals surface area contributed by atoms with E-state index in [1.165, 1.54) is 5.56 Å². The van der Waals surface area contributed by atoms with Gasteiger partial charge >= 0.3 is 0 Å². The predicted octanol–water partition coefficient (Wildman–Crippen LogP) is 1.60. The first kappa shape index (κ1) is 16.9. The van der Waals surface area contributed by atoms with Gasteiger partial charge in [-0.05, 0) is 18.1 Å². The van der Waals surface area contributed by atoms with Crippen molar-refractivity contribution in [3.05, 3.63) is 65.4 Å². The van der Waals surface area contributed by atoms with Gasteiger partial charge in [-0.25, -0.2) is 20.5 Å². The molecule has 0 bridgehead atoms. The minimum absolute atomic E-state index is 0.0125. The van der Waals surface area contributed by atoms with Gasteiger partial charge in [0.05, 0.1) is 5.69 Å². The van der Waals surface area contributed by atoms with Crippen molar-refractivity contribution in [2.75, 3.05) is 6.54 Å². The summed E-state index contributed by atoms with van der Waals surface area (Å²) < 4.78 is 1.74. The van der Waals surface area contributed by atoms with Crippen LogP contribution in [0.5, 0.6) is 0 Å². The van der Waals surface area contributed by atoms with Crippen molar-refractivity contribution in [3.8, 4) is 5.13 Å². The first-order valence-corrected chi connectivity index (χ1v) is 9.46. The fourth-order valence-electron chi connectivity index (χ4n) is 2.97. The molecule has 3 aromatic rings. The maximum absolute atomic E-state index is 12.4. The molecule has 4 rings (SSSR count). The SMILES string of the molecule is O=C(NCCc1csc(-n2cccn2)n1)C1CC(c2ccccc2)NN1. The van der Waals surface area contributed by atoms with Crippen LogP contribution in [0.3, 0.4) is 0 Å². The molecular formula is C18H20N6OS. The summed E-state index contributed by atoms with van der Waals surface area (Å²) in [6.45, 7) is 0.565. The third kappa shape index (κ3) is 3.82. The number of thiazole rings is 1. The molecule has 1 amide bonds. The number of hydrazine groups is 1. The quantitative estimate of drug-likeness (QED) is 0.615. The van der Waals surface area contributed by atoms with E-state index in [4.69, 9.17) is 0 Å². The Morgan fingerprint density at radius 1 is 1.27 bits per heavy atom. The first-order chi connectivity index (χ1) is 12.8. The van der Waals surface area contributed by atoms with Gasteiger partial charge in [0, 0.05) is 36.8 Å². The van der Waals surface area contributed by atoms with E-state index < -0.39 is 0 Å². The van der Waals surface area contributed by atoms with E-state index in [1.54, 1.807) is 22.2 Å². The molecule has 8 heteroatoms. The van der Waals surface area contributed by atoms with Crippen LogP contribution in [-0.4, -0.2) is 33.3 Å². The highest BCUT2D eigenvalue weighted by Crippen LogP contribution is 2.21. The van der Waals surface area contributed by atoms with E-state index >= 15 is 0 Å². The Bertz CT molecular complexity index is 848. The fraction of sp³-hybridized carbons (Fsp3) is 0.278. The smallest absolute Gasteiger partial charge is 0.238 e. The Hall–Kier alpha value is -2.55. The van der Waals surface area contributed by atoms with Gasteiger partial charge in [-0.1, -0.05) is 30.3 Å². The highest BCUT2D eigenvalue weighted by atomic mass is 32.1. The molecule has 0 saturated carbocycles. The lowest BCUT2D eigenvalue weighted by Gasteiger charge is -2.10. The minimum Gasteiger partial charge on any atom is -0.354 e. The highest BCUT2D eigenvalue weighted by molar-refractivity contribution is 7.12. The molecule has 0 aliphatic carbocycles. The Balaban J connectivity index is 1.25. The third-order valence-corrected chi connectivity index (χ3v) is 5.22. The van der Waals surface area contributed by atoms with Gasteiger partial charge in [0.15, 0.2) is 0 Å². The Morgan fingerprint density at radius 2 is 2.15 bits per heavy atom. The maximum atomic E-state index is 12.4. The second kappa shape index (κ2) is 7.77. The number of aromatic nitrogens is 3. The van der Waals surface area contributed by atoms with Crippen LogP contribution in [0, 0.1) is 0 Å². The molecule has 0 spiro atoms. The van der Waals surface area contributed by atoms with Crippen LogP contribution in [0.1, 0.15) is 23.7 Å². The number of nitrogens with one attached hydrogen (secondary N) is 3. The van der Waals surface area contributed by atoms with Crippen molar-refractivity contribution >= 4 is 17.2 Å². The minimum atomic E-state index is -0.227. The third-order valence-electron chi connectivity index (χ3n) is 4.34. The van der Waals surface area contributed by atoms with E-state index in [1.807, 2.05) is 35.8 Å². The summed E-state index contributed by atoms with van der Waals surface area (Å²) in [6.07, 6.45) is 5.03. The molecule has 2 atom stereocenters. The molecule has 3 heterocycles. The standard InChI is InChI=1S/C18H20N6OS/c25-17(16-11-15(22-23-16)13-5-2-1-3-6-13)19-9-7-14-12-26-18(21-14)24-10-4-8-20-24/h1-6,8,10,12,15-16,22-23H,7,9,11H2,(H,19,25). The number of benzene rings is 1. The second-order valence-corrected chi connectivity index (χ2v) is 6.99. The summed E-state index contributed by atoms with van der Waals surface area (Å²) in [6, 6.07) is 11.9. The Kier molecular flexibility index (Phi) is 5.05. The van der Waals surface area contributed by atoms with Crippen LogP contribution < -0.4 is 16.2 Å². The van der Waals surface area contributed by atoms with Crippen LogP contribution in [0.4, 0.5) is 0 Å². The maximum Gasteiger partial charge on any atom is 0.238 e. The van der Waals surface area contributed by atoms with Crippen LogP contribution in [0.15, 0.2) is 54.2 Å².